The third kappa shape index (κ3) is 5.53. The average Bonchev–Trinajstić information content (AvgIpc) is 3.69. The van der Waals surface area contributed by atoms with Gasteiger partial charge >= 0.3 is 5.97 Å². The lowest BCUT2D eigenvalue weighted by atomic mass is 9.65. The number of aliphatic hydroxyl groups is 1. The molecule has 0 saturated carbocycles. The van der Waals surface area contributed by atoms with Crippen LogP contribution in [0.1, 0.15) is 45.6 Å². The SMILES string of the molecule is C=CCOC(=O)[C@@H]1[C@H]2C(=O)N([C@@H](CO)Cc3ccccc3)C(C(=O)N(CC=C)c3ccc(N(CC)CC)cc3)C23CC[C@@]1(CC)O3. The molecule has 3 saturated heterocycles. The van der Waals surface area contributed by atoms with E-state index in [0.29, 0.717) is 31.4 Å². The number of nitrogens with zero attached hydrogens (tertiary/aromatic N) is 3. The van der Waals surface area contributed by atoms with Gasteiger partial charge in [0.2, 0.25) is 5.91 Å². The highest BCUT2D eigenvalue weighted by Crippen LogP contribution is 2.65. The number of hydrogen-bond donors (Lipinski definition) is 1. The van der Waals surface area contributed by atoms with Gasteiger partial charge in [0.15, 0.2) is 0 Å². The molecule has 0 aliphatic carbocycles. The monoisotopic (exact) mass is 629 g/mol. The molecule has 46 heavy (non-hydrogen) atoms. The van der Waals surface area contributed by atoms with Crippen molar-refractivity contribution in [2.24, 2.45) is 11.8 Å². The number of rotatable bonds is 15. The van der Waals surface area contributed by atoms with Gasteiger partial charge in [0, 0.05) is 31.0 Å². The van der Waals surface area contributed by atoms with Gasteiger partial charge < -0.3 is 29.3 Å². The van der Waals surface area contributed by atoms with E-state index in [-0.39, 0.29) is 31.6 Å². The van der Waals surface area contributed by atoms with Crippen molar-refractivity contribution in [1.82, 2.24) is 4.90 Å². The highest BCUT2D eigenvalue weighted by atomic mass is 16.6. The van der Waals surface area contributed by atoms with Crippen LogP contribution < -0.4 is 9.80 Å². The van der Waals surface area contributed by atoms with Crippen LogP contribution in [0.15, 0.2) is 79.9 Å². The summed E-state index contributed by atoms with van der Waals surface area (Å²) in [5.74, 6) is -3.01. The Balaban J connectivity index is 1.61. The van der Waals surface area contributed by atoms with Crippen LogP contribution in [0.2, 0.25) is 0 Å². The molecule has 3 fully saturated rings. The lowest BCUT2D eigenvalue weighted by Crippen LogP contribution is -2.59. The Labute approximate surface area is 272 Å². The maximum absolute atomic E-state index is 15.0. The van der Waals surface area contributed by atoms with Crippen molar-refractivity contribution in [1.29, 1.82) is 0 Å². The van der Waals surface area contributed by atoms with E-state index < -0.39 is 41.1 Å². The van der Waals surface area contributed by atoms with Gasteiger partial charge in [-0.05, 0) is 69.4 Å². The summed E-state index contributed by atoms with van der Waals surface area (Å²) >= 11 is 0. The molecule has 0 aromatic heterocycles. The van der Waals surface area contributed by atoms with E-state index >= 15 is 4.79 Å². The quantitative estimate of drug-likeness (QED) is 0.228. The van der Waals surface area contributed by atoms with Gasteiger partial charge in [0.05, 0.1) is 24.2 Å². The van der Waals surface area contributed by atoms with Gasteiger partial charge in [-0.1, -0.05) is 56.0 Å². The van der Waals surface area contributed by atoms with Gasteiger partial charge in [-0.15, -0.1) is 6.58 Å². The van der Waals surface area contributed by atoms with Crippen molar-refractivity contribution < 1.29 is 29.0 Å². The van der Waals surface area contributed by atoms with Crippen molar-refractivity contribution in [3.8, 4) is 0 Å². The number of amides is 2. The number of fused-ring (bicyclic) bond motifs is 1. The second-order valence-electron chi connectivity index (χ2n) is 12.4. The van der Waals surface area contributed by atoms with Gasteiger partial charge in [-0.2, -0.15) is 0 Å². The standard InChI is InChI=1S/C37H47N3O6/c1-6-22-39(28-18-16-27(17-19-28)38(9-4)10-5)34(43)32-37-21-20-36(8-3,46-37)31(35(44)45-23-7-2)30(37)33(42)40(32)29(25-41)24-26-14-12-11-13-15-26/h6-7,11-19,29-32,41H,1-2,8-10,20-25H2,3-5H3/t29-,30+,31+,32?,36-,37?/m1/s1. The highest BCUT2D eigenvalue weighted by molar-refractivity contribution is 6.05. The Kier molecular flexibility index (Phi) is 10.0. The van der Waals surface area contributed by atoms with Crippen LogP contribution in [-0.2, 0) is 30.3 Å². The minimum absolute atomic E-state index is 0.0129. The van der Waals surface area contributed by atoms with Crippen LogP contribution in [-0.4, -0.2) is 83.9 Å². The maximum Gasteiger partial charge on any atom is 0.313 e. The zero-order chi connectivity index (χ0) is 33.1. The zero-order valence-electron chi connectivity index (χ0n) is 27.3. The molecule has 2 aromatic carbocycles. The number of hydrogen-bond acceptors (Lipinski definition) is 7. The van der Waals surface area contributed by atoms with E-state index in [1.54, 1.807) is 11.0 Å². The predicted molar refractivity (Wildman–Crippen MR) is 178 cm³/mol. The molecule has 5 rings (SSSR count). The van der Waals surface area contributed by atoms with Crippen molar-refractivity contribution in [3.63, 3.8) is 0 Å². The first-order valence-electron chi connectivity index (χ1n) is 16.5. The molecule has 0 radical (unpaired) electrons. The van der Waals surface area contributed by atoms with E-state index in [1.807, 2.05) is 61.5 Å². The number of benzene rings is 2. The third-order valence-corrected chi connectivity index (χ3v) is 10.2. The van der Waals surface area contributed by atoms with Gasteiger partial charge in [-0.25, -0.2) is 0 Å². The van der Waals surface area contributed by atoms with Crippen LogP contribution in [0.4, 0.5) is 11.4 Å². The summed E-state index contributed by atoms with van der Waals surface area (Å²) in [7, 11) is 0. The number of carbonyl (C=O) groups is 3. The number of esters is 1. The number of anilines is 2. The molecule has 2 unspecified atom stereocenters. The molecular formula is C37H47N3O6. The van der Waals surface area contributed by atoms with E-state index in [1.165, 1.54) is 11.0 Å². The topological polar surface area (TPSA) is 99.6 Å². The molecule has 246 valence electrons. The first kappa shape index (κ1) is 33.4. The highest BCUT2D eigenvalue weighted by Gasteiger charge is 2.79. The van der Waals surface area contributed by atoms with E-state index in [4.69, 9.17) is 9.47 Å². The zero-order valence-corrected chi connectivity index (χ0v) is 27.3. The smallest absolute Gasteiger partial charge is 0.313 e. The van der Waals surface area contributed by atoms with Crippen LogP contribution in [0.5, 0.6) is 0 Å². The third-order valence-electron chi connectivity index (χ3n) is 10.2. The lowest BCUT2D eigenvalue weighted by Gasteiger charge is -2.39. The van der Waals surface area contributed by atoms with Crippen LogP contribution >= 0.6 is 0 Å². The van der Waals surface area contributed by atoms with Gasteiger partial charge in [0.1, 0.15) is 24.2 Å². The molecule has 3 heterocycles. The normalized spacial score (nSPS) is 26.8. The van der Waals surface area contributed by atoms with E-state index in [9.17, 15) is 14.7 Å². The summed E-state index contributed by atoms with van der Waals surface area (Å²) in [5, 5.41) is 10.8. The average molecular weight is 630 g/mol. The van der Waals surface area contributed by atoms with Crippen molar-refractivity contribution in [2.75, 3.05) is 42.6 Å². The molecule has 9 heteroatoms. The molecule has 1 spiro atoms. The molecule has 2 aromatic rings. The van der Waals surface area contributed by atoms with Crippen molar-refractivity contribution in [2.45, 2.75) is 69.7 Å². The van der Waals surface area contributed by atoms with E-state index in [0.717, 1.165) is 24.3 Å². The maximum atomic E-state index is 15.0. The summed E-state index contributed by atoms with van der Waals surface area (Å²) in [5.41, 5.74) is 0.445. The minimum atomic E-state index is -1.26. The van der Waals surface area contributed by atoms with Crippen molar-refractivity contribution in [3.05, 3.63) is 85.5 Å². The fourth-order valence-corrected chi connectivity index (χ4v) is 8.09. The summed E-state index contributed by atoms with van der Waals surface area (Å²) < 4.78 is 12.5. The molecule has 3 aliphatic rings. The second-order valence-corrected chi connectivity index (χ2v) is 12.4. The Morgan fingerprint density at radius 3 is 2.30 bits per heavy atom. The number of likely N-dealkylation sites (tertiary alicyclic amines) is 1. The fraction of sp³-hybridized carbons (Fsp3) is 0.486. The van der Waals surface area contributed by atoms with Crippen molar-refractivity contribution >= 4 is 29.2 Å². The molecular weight excluding hydrogens is 582 g/mol. The van der Waals surface area contributed by atoms with Gasteiger partial charge in [-0.3, -0.25) is 14.4 Å². The summed E-state index contributed by atoms with van der Waals surface area (Å²) in [4.78, 5) is 48.8. The number of carbonyl (C=O) groups excluding carboxylic acids is 3. The number of aliphatic hydroxyl groups excluding tert-OH is 1. The Bertz CT molecular complexity index is 1430. The Hall–Kier alpha value is -3.95. The molecule has 2 bridgehead atoms. The first-order valence-corrected chi connectivity index (χ1v) is 16.5. The van der Waals surface area contributed by atoms with Crippen LogP contribution in [0.3, 0.4) is 0 Å². The van der Waals surface area contributed by atoms with E-state index in [2.05, 4.69) is 31.9 Å². The summed E-state index contributed by atoms with van der Waals surface area (Å²) in [6, 6.07) is 15.6. The molecule has 9 nitrogen and oxygen atoms in total. The lowest BCUT2D eigenvalue weighted by molar-refractivity contribution is -0.161. The van der Waals surface area contributed by atoms with Crippen LogP contribution in [0.25, 0.3) is 0 Å². The summed E-state index contributed by atoms with van der Waals surface area (Å²) in [6.07, 6.45) is 4.93. The fourth-order valence-electron chi connectivity index (χ4n) is 8.09. The first-order chi connectivity index (χ1) is 22.2. The Morgan fingerprint density at radius 1 is 1.04 bits per heavy atom. The van der Waals surface area contributed by atoms with Crippen LogP contribution in [0, 0.1) is 11.8 Å². The molecule has 1 N–H and O–H groups in total. The number of ether oxygens (including phenoxy) is 2. The largest absolute Gasteiger partial charge is 0.461 e. The summed E-state index contributed by atoms with van der Waals surface area (Å²) in [6.45, 7) is 15.3. The Morgan fingerprint density at radius 2 is 1.72 bits per heavy atom. The second kappa shape index (κ2) is 13.8. The molecule has 3 aliphatic heterocycles. The molecule has 6 atom stereocenters. The minimum Gasteiger partial charge on any atom is -0.461 e. The molecule has 2 amide bonds. The van der Waals surface area contributed by atoms with Gasteiger partial charge in [0.25, 0.3) is 5.91 Å². The predicted octanol–water partition coefficient (Wildman–Crippen LogP) is 4.54.